The number of carbonyl (C=O) groups is 2. The van der Waals surface area contributed by atoms with Crippen LogP contribution >= 0.6 is 11.6 Å². The predicted octanol–water partition coefficient (Wildman–Crippen LogP) is 2.49. The number of primary amides is 1. The molecule has 0 radical (unpaired) electrons. The zero-order valence-electron chi connectivity index (χ0n) is 18.1. The van der Waals surface area contributed by atoms with Gasteiger partial charge in [0.15, 0.2) is 5.75 Å². The van der Waals surface area contributed by atoms with E-state index < -0.39 is 11.5 Å². The van der Waals surface area contributed by atoms with Crippen LogP contribution in [0, 0.1) is 17.8 Å². The molecule has 172 valence electrons. The highest BCUT2D eigenvalue weighted by molar-refractivity contribution is 6.33. The topological polar surface area (TPSA) is 109 Å². The fraction of sp³-hybridized carbons (Fsp3) is 0.609. The minimum atomic E-state index is -0.960. The van der Waals surface area contributed by atoms with E-state index in [1.54, 1.807) is 0 Å². The van der Waals surface area contributed by atoms with E-state index in [0.29, 0.717) is 23.1 Å². The number of terminal acetylenes is 1. The number of aromatic nitrogens is 1. The lowest BCUT2D eigenvalue weighted by atomic mass is 9.78. The van der Waals surface area contributed by atoms with Crippen molar-refractivity contribution in [3.8, 4) is 18.1 Å². The molecule has 8 nitrogen and oxygen atoms in total. The van der Waals surface area contributed by atoms with Crippen LogP contribution < -0.4 is 15.4 Å². The van der Waals surface area contributed by atoms with Gasteiger partial charge in [-0.2, -0.15) is 0 Å². The number of ether oxygens (including phenoxy) is 1. The third-order valence-electron chi connectivity index (χ3n) is 7.01. The van der Waals surface area contributed by atoms with Crippen LogP contribution in [0.25, 0.3) is 0 Å². The highest BCUT2D eigenvalue weighted by Crippen LogP contribution is 2.44. The number of aliphatic hydroxyl groups excluding tert-OH is 1. The number of aliphatic hydroxyl groups is 1. The molecule has 1 spiro atoms. The summed E-state index contributed by atoms with van der Waals surface area (Å²) >= 11 is 6.51. The molecule has 4 rings (SSSR count). The van der Waals surface area contributed by atoms with E-state index in [-0.39, 0.29) is 30.2 Å². The normalized spacial score (nSPS) is 28.1. The lowest BCUT2D eigenvalue weighted by Crippen LogP contribution is -2.50. The first-order chi connectivity index (χ1) is 15.3. The fourth-order valence-corrected chi connectivity index (χ4v) is 5.66. The van der Waals surface area contributed by atoms with Gasteiger partial charge in [-0.1, -0.05) is 11.6 Å². The number of nitrogens with two attached hydrogens (primary N) is 1. The number of carbonyl (C=O) groups excluding carboxylic acids is 2. The maximum Gasteiger partial charge on any atom is 0.410 e. The molecule has 3 fully saturated rings. The first-order valence-electron chi connectivity index (χ1n) is 11.2. The van der Waals surface area contributed by atoms with E-state index >= 15 is 0 Å². The molecule has 2 aliphatic heterocycles. The molecule has 3 N–H and O–H groups in total. The number of likely N-dealkylation sites (tertiary alicyclic amines) is 1. The van der Waals surface area contributed by atoms with Gasteiger partial charge in [0.2, 0.25) is 5.91 Å². The Morgan fingerprint density at radius 2 is 2.09 bits per heavy atom. The van der Waals surface area contributed by atoms with Crippen LogP contribution in [0.5, 0.6) is 5.75 Å². The number of hydrogen-bond donors (Lipinski definition) is 2. The van der Waals surface area contributed by atoms with Crippen molar-refractivity contribution in [1.29, 1.82) is 0 Å². The van der Waals surface area contributed by atoms with Gasteiger partial charge in [-0.25, -0.2) is 9.78 Å². The van der Waals surface area contributed by atoms with E-state index in [0.717, 1.165) is 58.0 Å². The Morgan fingerprint density at radius 1 is 1.34 bits per heavy atom. The SMILES string of the molecule is C#CCc1nc(N2CCC[C@@]3(CCN(C4CCC(O)CC4)C3=O)C2)c(Cl)cc1OC(N)=O. The lowest BCUT2D eigenvalue weighted by Gasteiger charge is -2.41. The standard InChI is InChI=1S/C23H29ClN4O4/c1-2-4-18-19(32-22(25)31)13-17(24)20(26-18)27-11-3-9-23(14-27)10-12-28(21(23)30)15-5-7-16(29)8-6-15/h1,13,15-16,29H,3-12,14H2,(H2,25,31)/t15?,16?,23-/m1/s1. The molecule has 3 heterocycles. The molecular formula is C23H29ClN4O4. The summed E-state index contributed by atoms with van der Waals surface area (Å²) in [7, 11) is 0. The van der Waals surface area contributed by atoms with E-state index in [1.807, 2.05) is 9.80 Å². The summed E-state index contributed by atoms with van der Waals surface area (Å²) < 4.78 is 5.02. The summed E-state index contributed by atoms with van der Waals surface area (Å²) in [6, 6.07) is 1.73. The lowest BCUT2D eigenvalue weighted by molar-refractivity contribution is -0.139. The Labute approximate surface area is 193 Å². The number of hydrogen-bond acceptors (Lipinski definition) is 6. The third-order valence-corrected chi connectivity index (χ3v) is 7.28. The van der Waals surface area contributed by atoms with Crippen LogP contribution in [0.4, 0.5) is 10.6 Å². The first-order valence-corrected chi connectivity index (χ1v) is 11.5. The quantitative estimate of drug-likeness (QED) is 0.668. The van der Waals surface area contributed by atoms with Crippen molar-refractivity contribution in [3.05, 3.63) is 16.8 Å². The smallest absolute Gasteiger partial charge is 0.408 e. The first kappa shape index (κ1) is 22.7. The molecule has 0 aromatic carbocycles. The van der Waals surface area contributed by atoms with Crippen LogP contribution in [0.2, 0.25) is 5.02 Å². The molecule has 32 heavy (non-hydrogen) atoms. The second kappa shape index (κ2) is 9.16. The number of piperidine rings is 1. The van der Waals surface area contributed by atoms with Crippen molar-refractivity contribution in [3.63, 3.8) is 0 Å². The van der Waals surface area contributed by atoms with Gasteiger partial charge in [0.25, 0.3) is 0 Å². The molecule has 0 unspecified atom stereocenters. The van der Waals surface area contributed by atoms with Crippen LogP contribution in [0.15, 0.2) is 6.07 Å². The highest BCUT2D eigenvalue weighted by atomic mass is 35.5. The summed E-state index contributed by atoms with van der Waals surface area (Å²) in [4.78, 5) is 33.5. The van der Waals surface area contributed by atoms with E-state index in [1.165, 1.54) is 6.07 Å². The van der Waals surface area contributed by atoms with E-state index in [9.17, 15) is 14.7 Å². The van der Waals surface area contributed by atoms with Crippen molar-refractivity contribution in [2.75, 3.05) is 24.5 Å². The number of rotatable bonds is 4. The molecule has 1 atom stereocenters. The summed E-state index contributed by atoms with van der Waals surface area (Å²) in [6.45, 7) is 2.02. The summed E-state index contributed by atoms with van der Waals surface area (Å²) in [6.07, 6.45) is 10.1. The van der Waals surface area contributed by atoms with Gasteiger partial charge < -0.3 is 25.4 Å². The molecule has 1 saturated carbocycles. The van der Waals surface area contributed by atoms with E-state index in [4.69, 9.17) is 28.5 Å². The van der Waals surface area contributed by atoms with Crippen molar-refractivity contribution in [2.45, 2.75) is 63.5 Å². The number of pyridine rings is 1. The largest absolute Gasteiger partial charge is 0.410 e. The Morgan fingerprint density at radius 3 is 2.78 bits per heavy atom. The zero-order valence-corrected chi connectivity index (χ0v) is 18.8. The third kappa shape index (κ3) is 4.37. The second-order valence-electron chi connectivity index (χ2n) is 9.06. The summed E-state index contributed by atoms with van der Waals surface area (Å²) in [5.41, 5.74) is 5.10. The Balaban J connectivity index is 1.55. The number of halogens is 1. The minimum Gasteiger partial charge on any atom is -0.408 e. The maximum atomic E-state index is 13.6. The molecule has 2 amide bonds. The van der Waals surface area contributed by atoms with Gasteiger partial charge in [-0.05, 0) is 44.9 Å². The molecular weight excluding hydrogens is 432 g/mol. The number of nitrogens with zero attached hydrogens (tertiary/aromatic N) is 3. The Bertz CT molecular complexity index is 941. The van der Waals surface area contributed by atoms with Crippen LogP contribution in [-0.4, -0.2) is 58.8 Å². The molecule has 3 aliphatic rings. The van der Waals surface area contributed by atoms with Gasteiger partial charge >= 0.3 is 6.09 Å². The van der Waals surface area contributed by atoms with Crippen molar-refractivity contribution >= 4 is 29.4 Å². The fourth-order valence-electron chi connectivity index (χ4n) is 5.40. The van der Waals surface area contributed by atoms with Crippen molar-refractivity contribution in [1.82, 2.24) is 9.88 Å². The number of anilines is 1. The van der Waals surface area contributed by atoms with Gasteiger partial charge in [-0.3, -0.25) is 4.79 Å². The molecule has 1 aromatic heterocycles. The Kier molecular flexibility index (Phi) is 6.50. The van der Waals surface area contributed by atoms with Gasteiger partial charge in [0, 0.05) is 31.7 Å². The number of amides is 2. The molecule has 0 bridgehead atoms. The Hall–Kier alpha value is -2.50. The molecule has 9 heteroatoms. The predicted molar refractivity (Wildman–Crippen MR) is 120 cm³/mol. The molecule has 1 aliphatic carbocycles. The van der Waals surface area contributed by atoms with Crippen molar-refractivity contribution in [2.24, 2.45) is 11.1 Å². The van der Waals surface area contributed by atoms with Gasteiger partial charge in [-0.15, -0.1) is 12.3 Å². The van der Waals surface area contributed by atoms with Crippen LogP contribution in [0.3, 0.4) is 0 Å². The second-order valence-corrected chi connectivity index (χ2v) is 9.46. The maximum absolute atomic E-state index is 13.6. The van der Waals surface area contributed by atoms with E-state index in [2.05, 4.69) is 10.9 Å². The van der Waals surface area contributed by atoms with Crippen LogP contribution in [0.1, 0.15) is 50.6 Å². The molecule has 2 saturated heterocycles. The average molecular weight is 461 g/mol. The average Bonchev–Trinajstić information content (AvgIpc) is 3.06. The minimum absolute atomic E-state index is 0.151. The highest BCUT2D eigenvalue weighted by Gasteiger charge is 2.51. The van der Waals surface area contributed by atoms with Gasteiger partial charge in [0.05, 0.1) is 28.7 Å². The monoisotopic (exact) mass is 460 g/mol. The molecule has 1 aromatic rings. The van der Waals surface area contributed by atoms with Crippen molar-refractivity contribution < 1.29 is 19.4 Å². The summed E-state index contributed by atoms with van der Waals surface area (Å²) in [5.74, 6) is 3.41. The van der Waals surface area contributed by atoms with Gasteiger partial charge in [0.1, 0.15) is 5.82 Å². The van der Waals surface area contributed by atoms with Crippen LogP contribution in [-0.2, 0) is 11.2 Å². The zero-order chi connectivity index (χ0) is 22.9. The summed E-state index contributed by atoms with van der Waals surface area (Å²) in [5, 5.41) is 10.1.